The van der Waals surface area contributed by atoms with E-state index in [2.05, 4.69) is 10.3 Å². The molecule has 5 heteroatoms. The molecule has 0 unspecified atom stereocenters. The minimum Gasteiger partial charge on any atom is -0.448 e. The Morgan fingerprint density at radius 2 is 1.86 bits per heavy atom. The summed E-state index contributed by atoms with van der Waals surface area (Å²) in [6.45, 7) is 5.67. The van der Waals surface area contributed by atoms with Crippen molar-refractivity contribution in [3.8, 4) is 0 Å². The number of fused-ring (bicyclic) bond motifs is 3. The fraction of sp³-hybridized carbons (Fsp3) is 0.750. The third-order valence-electron chi connectivity index (χ3n) is 4.97. The lowest BCUT2D eigenvalue weighted by molar-refractivity contribution is 0.0227. The first-order chi connectivity index (χ1) is 9.83. The highest BCUT2D eigenvalue weighted by Gasteiger charge is 2.51. The Morgan fingerprint density at radius 1 is 1.24 bits per heavy atom. The van der Waals surface area contributed by atoms with Gasteiger partial charge in [-0.3, -0.25) is 0 Å². The largest absolute Gasteiger partial charge is 0.448 e. The van der Waals surface area contributed by atoms with Crippen LogP contribution in [0, 0.1) is 0 Å². The highest BCUT2D eigenvalue weighted by atomic mass is 16.6. The summed E-state index contributed by atoms with van der Waals surface area (Å²) in [5.41, 5.74) is -0.411. The first kappa shape index (κ1) is 14.4. The van der Waals surface area contributed by atoms with E-state index in [1.54, 1.807) is 0 Å². The lowest BCUT2D eigenvalue weighted by Crippen LogP contribution is -2.58. The predicted octanol–water partition coefficient (Wildman–Crippen LogP) is 3.54. The minimum absolute atomic E-state index is 0.0932. The van der Waals surface area contributed by atoms with Crippen molar-refractivity contribution in [2.45, 2.75) is 75.9 Å². The third-order valence-corrected chi connectivity index (χ3v) is 4.97. The van der Waals surface area contributed by atoms with Gasteiger partial charge in [0.1, 0.15) is 11.4 Å². The average Bonchev–Trinajstić information content (AvgIpc) is 2.92. The summed E-state index contributed by atoms with van der Waals surface area (Å²) in [5.74, 6) is 1.01. The van der Waals surface area contributed by atoms with E-state index in [-0.39, 0.29) is 17.0 Å². The average molecular weight is 292 g/mol. The van der Waals surface area contributed by atoms with Crippen LogP contribution in [0.5, 0.6) is 0 Å². The molecule has 116 valence electrons. The molecule has 2 bridgehead atoms. The summed E-state index contributed by atoms with van der Waals surface area (Å²) in [7, 11) is 0. The minimum atomic E-state index is -0.451. The molecule has 3 saturated carbocycles. The molecular weight excluding hydrogens is 268 g/mol. The van der Waals surface area contributed by atoms with Crippen LogP contribution in [0.2, 0.25) is 0 Å². The second-order valence-corrected chi connectivity index (χ2v) is 7.55. The van der Waals surface area contributed by atoms with Gasteiger partial charge in [0.05, 0.1) is 6.20 Å². The Balaban J connectivity index is 1.65. The molecule has 5 nitrogen and oxygen atoms in total. The number of nitrogens with zero attached hydrogens (tertiary/aromatic N) is 1. The van der Waals surface area contributed by atoms with Gasteiger partial charge in [-0.05, 0) is 59.3 Å². The molecule has 0 spiro atoms. The molecule has 4 rings (SSSR count). The van der Waals surface area contributed by atoms with Crippen LogP contribution in [-0.2, 0) is 10.2 Å². The molecule has 3 aliphatic rings. The normalized spacial score (nSPS) is 32.0. The fourth-order valence-corrected chi connectivity index (χ4v) is 3.74. The molecule has 0 saturated heterocycles. The summed E-state index contributed by atoms with van der Waals surface area (Å²) in [4.78, 5) is 16.1. The van der Waals surface area contributed by atoms with Crippen molar-refractivity contribution in [1.82, 2.24) is 10.3 Å². The van der Waals surface area contributed by atoms with E-state index >= 15 is 0 Å². The number of carbonyl (C=O) groups is 1. The molecule has 21 heavy (non-hydrogen) atoms. The van der Waals surface area contributed by atoms with E-state index in [0.29, 0.717) is 0 Å². The number of carbonyl (C=O) groups excluding carboxylic acids is 1. The molecule has 3 aliphatic carbocycles. The van der Waals surface area contributed by atoms with Crippen LogP contribution in [0.4, 0.5) is 4.79 Å². The number of amides is 1. The molecule has 0 aromatic carbocycles. The molecule has 3 fully saturated rings. The highest BCUT2D eigenvalue weighted by Crippen LogP contribution is 2.53. The zero-order valence-electron chi connectivity index (χ0n) is 13.1. The number of hydrogen-bond donors (Lipinski definition) is 1. The van der Waals surface area contributed by atoms with Crippen molar-refractivity contribution < 1.29 is 13.9 Å². The Morgan fingerprint density at radius 3 is 2.33 bits per heavy atom. The standard InChI is InChI=1S/C16H24N2O3/c1-14(2,3)21-13(19)18-16-7-4-15(5-8-16,6-9-16)12-10-17-11-20-12/h10-11H,4-9H2,1-3H3,(H,18,19). The van der Waals surface area contributed by atoms with Gasteiger partial charge in [0, 0.05) is 11.0 Å². The van der Waals surface area contributed by atoms with Crippen LogP contribution in [0.1, 0.15) is 65.1 Å². The van der Waals surface area contributed by atoms with Crippen molar-refractivity contribution >= 4 is 6.09 Å². The summed E-state index contributed by atoms with van der Waals surface area (Å²) in [5, 5.41) is 3.13. The van der Waals surface area contributed by atoms with Gasteiger partial charge in [-0.25, -0.2) is 9.78 Å². The van der Waals surface area contributed by atoms with Crippen LogP contribution in [0.25, 0.3) is 0 Å². The lowest BCUT2D eigenvalue weighted by Gasteiger charge is -2.52. The SMILES string of the molecule is CC(C)(C)OC(=O)NC12CCC(c3cnco3)(CC1)CC2. The number of rotatable bonds is 2. The van der Waals surface area contributed by atoms with Gasteiger partial charge < -0.3 is 14.5 Å². The summed E-state index contributed by atoms with van der Waals surface area (Å²) >= 11 is 0. The number of alkyl carbamates (subject to hydrolysis) is 1. The first-order valence-electron chi connectivity index (χ1n) is 7.73. The van der Waals surface area contributed by atoms with Crippen molar-refractivity contribution in [3.63, 3.8) is 0 Å². The molecular formula is C16H24N2O3. The highest BCUT2D eigenvalue weighted by molar-refractivity contribution is 5.69. The quantitative estimate of drug-likeness (QED) is 0.905. The summed E-state index contributed by atoms with van der Waals surface area (Å²) < 4.78 is 11.0. The number of nitrogens with one attached hydrogen (secondary N) is 1. The van der Waals surface area contributed by atoms with Gasteiger partial charge >= 0.3 is 6.09 Å². The van der Waals surface area contributed by atoms with Gasteiger partial charge in [-0.1, -0.05) is 0 Å². The lowest BCUT2D eigenvalue weighted by atomic mass is 9.56. The number of oxazole rings is 1. The third kappa shape index (κ3) is 2.78. The van der Waals surface area contributed by atoms with Gasteiger partial charge in [-0.15, -0.1) is 0 Å². The van der Waals surface area contributed by atoms with Crippen molar-refractivity contribution in [2.24, 2.45) is 0 Å². The molecule has 1 aromatic heterocycles. The zero-order chi connectivity index (χ0) is 15.1. The molecule has 1 N–H and O–H groups in total. The van der Waals surface area contributed by atoms with E-state index in [1.165, 1.54) is 6.39 Å². The Kier molecular flexibility index (Phi) is 3.26. The number of hydrogen-bond acceptors (Lipinski definition) is 4. The molecule has 0 atom stereocenters. The molecule has 0 aliphatic heterocycles. The molecule has 1 aromatic rings. The van der Waals surface area contributed by atoms with E-state index < -0.39 is 5.60 Å². The summed E-state index contributed by atoms with van der Waals surface area (Å²) in [6.07, 6.45) is 9.12. The van der Waals surface area contributed by atoms with E-state index in [0.717, 1.165) is 44.3 Å². The van der Waals surface area contributed by atoms with E-state index in [1.807, 2.05) is 27.0 Å². The van der Waals surface area contributed by atoms with E-state index in [9.17, 15) is 4.79 Å². The Labute approximate surface area is 125 Å². The first-order valence-corrected chi connectivity index (χ1v) is 7.73. The fourth-order valence-electron chi connectivity index (χ4n) is 3.74. The van der Waals surface area contributed by atoms with Crippen LogP contribution in [-0.4, -0.2) is 22.2 Å². The van der Waals surface area contributed by atoms with Gasteiger partial charge in [-0.2, -0.15) is 0 Å². The Bertz CT molecular complexity index is 492. The van der Waals surface area contributed by atoms with E-state index in [4.69, 9.17) is 9.15 Å². The summed E-state index contributed by atoms with van der Waals surface area (Å²) in [6, 6.07) is 0. The molecule has 1 heterocycles. The maximum Gasteiger partial charge on any atom is 0.408 e. The predicted molar refractivity (Wildman–Crippen MR) is 78.0 cm³/mol. The van der Waals surface area contributed by atoms with Crippen LogP contribution >= 0.6 is 0 Å². The maximum absolute atomic E-state index is 12.1. The van der Waals surface area contributed by atoms with Crippen LogP contribution in [0.3, 0.4) is 0 Å². The van der Waals surface area contributed by atoms with Gasteiger partial charge in [0.2, 0.25) is 0 Å². The maximum atomic E-state index is 12.1. The van der Waals surface area contributed by atoms with Crippen molar-refractivity contribution in [1.29, 1.82) is 0 Å². The Hall–Kier alpha value is -1.52. The zero-order valence-corrected chi connectivity index (χ0v) is 13.1. The van der Waals surface area contributed by atoms with Crippen molar-refractivity contribution in [3.05, 3.63) is 18.4 Å². The second kappa shape index (κ2) is 4.75. The van der Waals surface area contributed by atoms with Crippen LogP contribution in [0.15, 0.2) is 17.0 Å². The van der Waals surface area contributed by atoms with Crippen molar-refractivity contribution in [2.75, 3.05) is 0 Å². The second-order valence-electron chi connectivity index (χ2n) is 7.55. The monoisotopic (exact) mass is 292 g/mol. The topological polar surface area (TPSA) is 64.4 Å². The smallest absolute Gasteiger partial charge is 0.408 e. The molecule has 1 amide bonds. The van der Waals surface area contributed by atoms with Gasteiger partial charge in [0.25, 0.3) is 0 Å². The van der Waals surface area contributed by atoms with Gasteiger partial charge in [0.15, 0.2) is 6.39 Å². The number of aromatic nitrogens is 1. The van der Waals surface area contributed by atoms with Crippen LogP contribution < -0.4 is 5.32 Å². The number of ether oxygens (including phenoxy) is 1. The molecule has 0 radical (unpaired) electrons.